The van der Waals surface area contributed by atoms with Gasteiger partial charge >= 0.3 is 0 Å². The van der Waals surface area contributed by atoms with Gasteiger partial charge in [-0.05, 0) is 51.6 Å². The third-order valence-corrected chi connectivity index (χ3v) is 5.07. The Kier molecular flexibility index (Phi) is 4.59. The number of nitrogens with one attached hydrogen (secondary N) is 1. The molecule has 1 N–H and O–H groups in total. The number of nitrogens with zero attached hydrogens (tertiary/aromatic N) is 2. The molecule has 21 heavy (non-hydrogen) atoms. The van der Waals surface area contributed by atoms with E-state index in [1.165, 1.54) is 48.7 Å². The Hall–Kier alpha value is -1.35. The average Bonchev–Trinajstić information content (AvgIpc) is 3.16. The van der Waals surface area contributed by atoms with E-state index in [0.717, 1.165) is 18.9 Å². The number of hydrogen-bond donors (Lipinski definition) is 1. The highest BCUT2D eigenvalue weighted by molar-refractivity contribution is 5.81. The highest BCUT2D eigenvalue weighted by Gasteiger charge is 2.24. The Balaban J connectivity index is 1.75. The molecule has 2 aromatic rings. The lowest BCUT2D eigenvalue weighted by Crippen LogP contribution is -2.32. The Labute approximate surface area is 127 Å². The number of fused-ring (bicyclic) bond motifs is 1. The van der Waals surface area contributed by atoms with Crippen LogP contribution in [0.1, 0.15) is 44.7 Å². The molecule has 1 atom stereocenters. The van der Waals surface area contributed by atoms with E-state index in [4.69, 9.17) is 5.10 Å². The molecule has 3 heteroatoms. The summed E-state index contributed by atoms with van der Waals surface area (Å²) in [5.41, 5.74) is 2.54. The van der Waals surface area contributed by atoms with Gasteiger partial charge in [0.15, 0.2) is 0 Å². The van der Waals surface area contributed by atoms with Crippen LogP contribution >= 0.6 is 0 Å². The van der Waals surface area contributed by atoms with E-state index in [-0.39, 0.29) is 0 Å². The lowest BCUT2D eigenvalue weighted by atomic mass is 9.93. The summed E-state index contributed by atoms with van der Waals surface area (Å²) in [6.45, 7) is 3.11. The molecule has 1 heterocycles. The van der Waals surface area contributed by atoms with Crippen molar-refractivity contribution >= 4 is 10.9 Å². The lowest BCUT2D eigenvalue weighted by molar-refractivity contribution is 0.359. The van der Waals surface area contributed by atoms with Gasteiger partial charge in [-0.25, -0.2) is 0 Å². The molecule has 0 aliphatic heterocycles. The van der Waals surface area contributed by atoms with Crippen LogP contribution in [0.3, 0.4) is 0 Å². The highest BCUT2D eigenvalue weighted by atomic mass is 15.3. The third-order valence-electron chi connectivity index (χ3n) is 5.07. The predicted octanol–water partition coefficient (Wildman–Crippen LogP) is 3.77. The van der Waals surface area contributed by atoms with Gasteiger partial charge in [0.05, 0.1) is 11.2 Å². The van der Waals surface area contributed by atoms with E-state index in [1.807, 2.05) is 0 Å². The van der Waals surface area contributed by atoms with E-state index in [9.17, 15) is 0 Å². The van der Waals surface area contributed by atoms with Gasteiger partial charge < -0.3 is 5.32 Å². The minimum atomic E-state index is 0.651. The molecule has 1 aromatic carbocycles. The fourth-order valence-electron chi connectivity index (χ4n) is 3.89. The van der Waals surface area contributed by atoms with Crippen LogP contribution in [0, 0.1) is 5.92 Å². The smallest absolute Gasteiger partial charge is 0.0703 e. The first-order chi connectivity index (χ1) is 10.3. The molecule has 114 valence electrons. The molecule has 1 aliphatic carbocycles. The van der Waals surface area contributed by atoms with Crippen molar-refractivity contribution < 1.29 is 0 Å². The van der Waals surface area contributed by atoms with Gasteiger partial charge in [0.25, 0.3) is 0 Å². The number of aryl methyl sites for hydroxylation is 2. The van der Waals surface area contributed by atoms with Gasteiger partial charge in [0, 0.05) is 18.0 Å². The lowest BCUT2D eigenvalue weighted by Gasteiger charge is -2.22. The number of para-hydroxylation sites is 1. The van der Waals surface area contributed by atoms with Crippen LogP contribution in [-0.4, -0.2) is 22.9 Å². The summed E-state index contributed by atoms with van der Waals surface area (Å²) in [4.78, 5) is 0. The van der Waals surface area contributed by atoms with Gasteiger partial charge in [-0.2, -0.15) is 5.10 Å². The predicted molar refractivity (Wildman–Crippen MR) is 88.5 cm³/mol. The molecule has 0 saturated heterocycles. The molecule has 1 fully saturated rings. The van der Waals surface area contributed by atoms with Crippen molar-refractivity contribution in [3.63, 3.8) is 0 Å². The normalized spacial score (nSPS) is 17.6. The first-order valence-corrected chi connectivity index (χ1v) is 8.45. The van der Waals surface area contributed by atoms with Crippen molar-refractivity contribution in [2.75, 3.05) is 7.05 Å². The summed E-state index contributed by atoms with van der Waals surface area (Å²) in [5.74, 6) is 0.870. The molecular weight excluding hydrogens is 258 g/mol. The summed E-state index contributed by atoms with van der Waals surface area (Å²) in [6, 6.07) is 9.28. The maximum Gasteiger partial charge on any atom is 0.0703 e. The van der Waals surface area contributed by atoms with E-state index in [1.54, 1.807) is 0 Å². The van der Waals surface area contributed by atoms with Crippen molar-refractivity contribution in [1.29, 1.82) is 0 Å². The first-order valence-electron chi connectivity index (χ1n) is 8.45. The fourth-order valence-corrected chi connectivity index (χ4v) is 3.89. The number of aromatic nitrogens is 2. The first kappa shape index (κ1) is 14.6. The molecule has 1 aliphatic rings. The van der Waals surface area contributed by atoms with Crippen LogP contribution in [-0.2, 0) is 13.0 Å². The van der Waals surface area contributed by atoms with Gasteiger partial charge in [-0.15, -0.1) is 0 Å². The van der Waals surface area contributed by atoms with Gasteiger partial charge in [-0.3, -0.25) is 4.68 Å². The number of benzene rings is 1. The molecule has 0 bridgehead atoms. The Morgan fingerprint density at radius 2 is 2.05 bits per heavy atom. The van der Waals surface area contributed by atoms with Crippen molar-refractivity contribution in [2.45, 2.75) is 58.0 Å². The quantitative estimate of drug-likeness (QED) is 0.875. The molecule has 0 amide bonds. The van der Waals surface area contributed by atoms with Gasteiger partial charge in [-0.1, -0.05) is 31.0 Å². The molecule has 1 aromatic heterocycles. The molecule has 1 saturated carbocycles. The maximum absolute atomic E-state index is 4.83. The zero-order valence-electron chi connectivity index (χ0n) is 13.3. The molecule has 0 spiro atoms. The van der Waals surface area contributed by atoms with Crippen LogP contribution in [0.15, 0.2) is 24.3 Å². The average molecular weight is 285 g/mol. The number of rotatable bonds is 6. The minimum Gasteiger partial charge on any atom is -0.317 e. The Morgan fingerprint density at radius 1 is 1.29 bits per heavy atom. The SMILES string of the molecule is CCn1nc(CCC(NC)C2CCCC2)c2ccccc21. The molecule has 3 rings (SSSR count). The maximum atomic E-state index is 4.83. The van der Waals surface area contributed by atoms with Crippen LogP contribution in [0.4, 0.5) is 0 Å². The van der Waals surface area contributed by atoms with Gasteiger partial charge in [0.1, 0.15) is 0 Å². The second-order valence-electron chi connectivity index (χ2n) is 6.26. The van der Waals surface area contributed by atoms with E-state index >= 15 is 0 Å². The second-order valence-corrected chi connectivity index (χ2v) is 6.26. The topological polar surface area (TPSA) is 29.9 Å². The summed E-state index contributed by atoms with van der Waals surface area (Å²) >= 11 is 0. The minimum absolute atomic E-state index is 0.651. The fraction of sp³-hybridized carbons (Fsp3) is 0.611. The zero-order chi connectivity index (χ0) is 14.7. The molecule has 0 radical (unpaired) electrons. The molecule has 1 unspecified atom stereocenters. The van der Waals surface area contributed by atoms with Crippen molar-refractivity contribution in [2.24, 2.45) is 5.92 Å². The molecule has 3 nitrogen and oxygen atoms in total. The summed E-state index contributed by atoms with van der Waals surface area (Å²) in [7, 11) is 2.12. The monoisotopic (exact) mass is 285 g/mol. The molecular formula is C18H27N3. The van der Waals surface area contributed by atoms with Crippen LogP contribution in [0.5, 0.6) is 0 Å². The Morgan fingerprint density at radius 3 is 2.76 bits per heavy atom. The summed E-state index contributed by atoms with van der Waals surface area (Å²) in [5, 5.41) is 9.71. The summed E-state index contributed by atoms with van der Waals surface area (Å²) < 4.78 is 2.13. The summed E-state index contributed by atoms with van der Waals surface area (Å²) in [6.07, 6.45) is 7.90. The van der Waals surface area contributed by atoms with Crippen LogP contribution < -0.4 is 5.32 Å². The zero-order valence-corrected chi connectivity index (χ0v) is 13.3. The highest BCUT2D eigenvalue weighted by Crippen LogP contribution is 2.30. The second kappa shape index (κ2) is 6.61. The van der Waals surface area contributed by atoms with Crippen molar-refractivity contribution in [3.05, 3.63) is 30.0 Å². The van der Waals surface area contributed by atoms with E-state index in [0.29, 0.717) is 6.04 Å². The van der Waals surface area contributed by atoms with Crippen molar-refractivity contribution in [3.8, 4) is 0 Å². The van der Waals surface area contributed by atoms with Crippen molar-refractivity contribution in [1.82, 2.24) is 15.1 Å². The Bertz CT molecular complexity index is 581. The van der Waals surface area contributed by atoms with E-state index < -0.39 is 0 Å². The van der Waals surface area contributed by atoms with Gasteiger partial charge in [0.2, 0.25) is 0 Å². The standard InChI is InChI=1S/C18H27N3/c1-3-21-18-11-7-6-10-15(18)17(20-21)13-12-16(19-2)14-8-4-5-9-14/h6-7,10-11,14,16,19H,3-5,8-9,12-13H2,1-2H3. The van der Waals surface area contributed by atoms with Crippen LogP contribution in [0.25, 0.3) is 10.9 Å². The number of hydrogen-bond acceptors (Lipinski definition) is 2. The third kappa shape index (κ3) is 2.98. The largest absolute Gasteiger partial charge is 0.317 e. The van der Waals surface area contributed by atoms with Crippen LogP contribution in [0.2, 0.25) is 0 Å². The van der Waals surface area contributed by atoms with E-state index in [2.05, 4.69) is 48.2 Å².